The highest BCUT2D eigenvalue weighted by molar-refractivity contribution is 5.75. The van der Waals surface area contributed by atoms with Crippen molar-refractivity contribution in [3.05, 3.63) is 23.1 Å². The van der Waals surface area contributed by atoms with Gasteiger partial charge >= 0.3 is 18.0 Å². The first kappa shape index (κ1) is 25.6. The van der Waals surface area contributed by atoms with E-state index in [4.69, 9.17) is 22.0 Å². The van der Waals surface area contributed by atoms with Crippen LogP contribution in [0, 0.1) is 17.9 Å². The minimum absolute atomic E-state index is 0.0408. The summed E-state index contributed by atoms with van der Waals surface area (Å²) in [4.78, 5) is 38.2. The highest BCUT2D eigenvalue weighted by atomic mass is 16.4. The third-order valence-electron chi connectivity index (χ3n) is 4.51. The first-order chi connectivity index (χ1) is 16.3. The van der Waals surface area contributed by atoms with Crippen molar-refractivity contribution in [3.8, 4) is 6.07 Å². The number of aryl methyl sites for hydroxylation is 1. The molecule has 0 bridgehead atoms. The average molecular weight is 474 g/mol. The van der Waals surface area contributed by atoms with E-state index in [2.05, 4.69) is 46.5 Å². The van der Waals surface area contributed by atoms with Crippen molar-refractivity contribution < 1.29 is 24.6 Å². The first-order valence-corrected chi connectivity index (χ1v) is 10.1. The summed E-state index contributed by atoms with van der Waals surface area (Å²) >= 11 is 0. The van der Waals surface area contributed by atoms with E-state index < -0.39 is 30.1 Å². The lowest BCUT2D eigenvalue weighted by Crippen LogP contribution is -2.42. The second-order valence-electron chi connectivity index (χ2n) is 6.90. The molecule has 0 saturated carbocycles. The van der Waals surface area contributed by atoms with Gasteiger partial charge in [0.15, 0.2) is 11.6 Å². The van der Waals surface area contributed by atoms with Gasteiger partial charge in [-0.3, -0.25) is 9.59 Å². The number of amides is 2. The number of carboxylic acid groups (broad SMARTS) is 2. The molecule has 0 aromatic carbocycles. The standard InChI is InChI=1S/C17H22N12O5/c1-19-8-10-29-16(23-25-27-29)12(4-6-14(32)33)21-17(34)20-11(3-5-13(30)31)15-22-24-26-28(15)9-2-7-18/h11-12H,2-6,8-10H2,(H,30,31)(H,32,33)(H2,20,21,34)/t11-,12-/m0/s1. The molecule has 2 aromatic rings. The molecule has 4 N–H and O–H groups in total. The van der Waals surface area contributed by atoms with Gasteiger partial charge in [0.05, 0.1) is 31.1 Å². The van der Waals surface area contributed by atoms with E-state index >= 15 is 0 Å². The Morgan fingerprint density at radius 1 is 0.971 bits per heavy atom. The number of carboxylic acids is 2. The number of hydrogen-bond acceptors (Lipinski definition) is 10. The van der Waals surface area contributed by atoms with Crippen molar-refractivity contribution in [1.29, 1.82) is 5.26 Å². The van der Waals surface area contributed by atoms with Crippen LogP contribution in [0.4, 0.5) is 4.79 Å². The first-order valence-electron chi connectivity index (χ1n) is 10.1. The van der Waals surface area contributed by atoms with Gasteiger partial charge in [0.2, 0.25) is 6.54 Å². The maximum absolute atomic E-state index is 12.8. The van der Waals surface area contributed by atoms with E-state index in [-0.39, 0.29) is 63.4 Å². The molecule has 34 heavy (non-hydrogen) atoms. The van der Waals surface area contributed by atoms with Crippen LogP contribution in [0.15, 0.2) is 0 Å². The number of nitriles is 1. The summed E-state index contributed by atoms with van der Waals surface area (Å²) < 4.78 is 2.60. The molecule has 0 fully saturated rings. The Kier molecular flexibility index (Phi) is 9.79. The number of rotatable bonds is 14. The zero-order valence-corrected chi connectivity index (χ0v) is 17.9. The zero-order chi connectivity index (χ0) is 24.9. The van der Waals surface area contributed by atoms with Gasteiger partial charge in [-0.05, 0) is 33.7 Å². The number of nitrogens with zero attached hydrogens (tertiary/aromatic N) is 10. The van der Waals surface area contributed by atoms with Crippen molar-refractivity contribution in [3.63, 3.8) is 0 Å². The maximum atomic E-state index is 12.8. The van der Waals surface area contributed by atoms with Gasteiger partial charge in [-0.2, -0.15) is 5.26 Å². The van der Waals surface area contributed by atoms with Crippen LogP contribution in [0.25, 0.3) is 4.85 Å². The van der Waals surface area contributed by atoms with Gasteiger partial charge < -0.3 is 25.7 Å². The van der Waals surface area contributed by atoms with E-state index in [0.717, 1.165) is 0 Å². The summed E-state index contributed by atoms with van der Waals surface area (Å²) in [7, 11) is 0. The van der Waals surface area contributed by atoms with E-state index in [0.29, 0.717) is 0 Å². The van der Waals surface area contributed by atoms with Crippen LogP contribution < -0.4 is 10.6 Å². The summed E-state index contributed by atoms with van der Waals surface area (Å²) in [6, 6.07) is -0.638. The fraction of sp³-hybridized carbons (Fsp3) is 0.588. The molecule has 0 radical (unpaired) electrons. The Bertz CT molecular complexity index is 985. The number of tetrazole rings is 2. The number of carbonyl (C=O) groups is 3. The van der Waals surface area contributed by atoms with Gasteiger partial charge in [-0.1, -0.05) is 0 Å². The SMILES string of the molecule is [C-]#[N+]CCn1nnnc1[C@H](CCC(=O)O)NC(=O)N[C@@H](CCC(=O)O)c1nnnn1CCC#N. The Morgan fingerprint density at radius 2 is 1.47 bits per heavy atom. The van der Waals surface area contributed by atoms with Gasteiger partial charge in [-0.15, -0.1) is 10.2 Å². The highest BCUT2D eigenvalue weighted by Crippen LogP contribution is 2.19. The summed E-state index contributed by atoms with van der Waals surface area (Å²) in [5, 5.41) is 54.5. The van der Waals surface area contributed by atoms with Crippen LogP contribution in [0.2, 0.25) is 0 Å². The number of urea groups is 1. The monoisotopic (exact) mass is 474 g/mol. The molecule has 0 aliphatic rings. The summed E-state index contributed by atoms with van der Waals surface area (Å²) in [5.41, 5.74) is 0. The molecule has 2 amide bonds. The van der Waals surface area contributed by atoms with Crippen molar-refractivity contribution >= 4 is 18.0 Å². The smallest absolute Gasteiger partial charge is 0.315 e. The van der Waals surface area contributed by atoms with Gasteiger partial charge in [0.25, 0.3) is 0 Å². The lowest BCUT2D eigenvalue weighted by atomic mass is 10.1. The van der Waals surface area contributed by atoms with Crippen LogP contribution in [0.5, 0.6) is 0 Å². The molecule has 0 aliphatic carbocycles. The molecule has 0 saturated heterocycles. The van der Waals surface area contributed by atoms with Crippen molar-refractivity contribution in [2.45, 2.75) is 57.3 Å². The summed E-state index contributed by atoms with van der Waals surface area (Å²) in [6.07, 6.45) is -0.581. The molecule has 17 nitrogen and oxygen atoms in total. The van der Waals surface area contributed by atoms with Gasteiger partial charge in [-0.25, -0.2) is 20.7 Å². The molecule has 0 unspecified atom stereocenters. The second kappa shape index (κ2) is 13.0. The molecule has 2 heterocycles. The van der Waals surface area contributed by atoms with E-state index in [9.17, 15) is 14.4 Å². The number of carbonyl (C=O) groups excluding carboxylic acids is 1. The Labute approximate surface area is 192 Å². The lowest BCUT2D eigenvalue weighted by molar-refractivity contribution is -0.138. The van der Waals surface area contributed by atoms with Crippen LogP contribution >= 0.6 is 0 Å². The number of nitrogens with one attached hydrogen (secondary N) is 2. The van der Waals surface area contributed by atoms with Gasteiger partial charge in [0.1, 0.15) is 6.54 Å². The second-order valence-corrected chi connectivity index (χ2v) is 6.90. The minimum atomic E-state index is -1.10. The van der Waals surface area contributed by atoms with Crippen LogP contribution in [0.1, 0.15) is 55.8 Å². The minimum Gasteiger partial charge on any atom is -0.481 e. The summed E-state index contributed by atoms with van der Waals surface area (Å²) in [5.74, 6) is -1.86. The third kappa shape index (κ3) is 7.79. The molecule has 0 aliphatic heterocycles. The summed E-state index contributed by atoms with van der Waals surface area (Å²) in [6.45, 7) is 7.29. The van der Waals surface area contributed by atoms with E-state index in [1.165, 1.54) is 9.36 Å². The Hall–Kier alpha value is -4.67. The highest BCUT2D eigenvalue weighted by Gasteiger charge is 2.26. The van der Waals surface area contributed by atoms with Crippen LogP contribution in [-0.4, -0.2) is 75.1 Å². The molecule has 0 spiro atoms. The zero-order valence-electron chi connectivity index (χ0n) is 17.9. The number of aliphatic carboxylic acids is 2. The van der Waals surface area contributed by atoms with Crippen LogP contribution in [0.3, 0.4) is 0 Å². The molecular weight excluding hydrogens is 452 g/mol. The third-order valence-corrected chi connectivity index (χ3v) is 4.51. The van der Waals surface area contributed by atoms with Crippen molar-refractivity contribution in [1.82, 2.24) is 51.0 Å². The van der Waals surface area contributed by atoms with Gasteiger partial charge in [0, 0.05) is 12.8 Å². The van der Waals surface area contributed by atoms with E-state index in [1.807, 2.05) is 6.07 Å². The predicted octanol–water partition coefficient (Wildman–Crippen LogP) is -0.696. The quantitative estimate of drug-likeness (QED) is 0.249. The maximum Gasteiger partial charge on any atom is 0.315 e. The fourth-order valence-electron chi connectivity index (χ4n) is 2.97. The normalized spacial score (nSPS) is 12.2. The number of hydrogen-bond donors (Lipinski definition) is 4. The molecule has 2 aromatic heterocycles. The fourth-order valence-corrected chi connectivity index (χ4v) is 2.97. The Balaban J connectivity index is 2.21. The molecule has 180 valence electrons. The molecule has 2 atom stereocenters. The average Bonchev–Trinajstić information content (AvgIpc) is 3.45. The molecule has 17 heteroatoms. The predicted molar refractivity (Wildman–Crippen MR) is 108 cm³/mol. The molecule has 2 rings (SSSR count). The topological polar surface area (TPSA) is 231 Å². The Morgan fingerprint density at radius 3 is 1.91 bits per heavy atom. The van der Waals surface area contributed by atoms with Crippen molar-refractivity contribution in [2.75, 3.05) is 6.54 Å². The van der Waals surface area contributed by atoms with Crippen LogP contribution in [-0.2, 0) is 22.7 Å². The van der Waals surface area contributed by atoms with Crippen molar-refractivity contribution in [2.24, 2.45) is 0 Å². The largest absolute Gasteiger partial charge is 0.481 e. The van der Waals surface area contributed by atoms with E-state index in [1.54, 1.807) is 0 Å². The number of aromatic nitrogens is 8. The molecular formula is C17H22N12O5. The lowest BCUT2D eigenvalue weighted by Gasteiger charge is -2.21.